The molecule has 2 amide bonds. The van der Waals surface area contributed by atoms with Crippen LogP contribution in [0.1, 0.15) is 32.8 Å². The van der Waals surface area contributed by atoms with E-state index >= 15 is 0 Å². The van der Waals surface area contributed by atoms with Crippen LogP contribution in [0.25, 0.3) is 0 Å². The summed E-state index contributed by atoms with van der Waals surface area (Å²) in [6.07, 6.45) is 0.635. The number of hydrogen-bond donors (Lipinski definition) is 2. The van der Waals surface area contributed by atoms with Gasteiger partial charge in [-0.1, -0.05) is 12.1 Å². The highest BCUT2D eigenvalue weighted by molar-refractivity contribution is 5.92. The number of methoxy groups -OCH3 is 1. The fourth-order valence-electron chi connectivity index (χ4n) is 2.30. The zero-order valence-corrected chi connectivity index (χ0v) is 13.6. The lowest BCUT2D eigenvalue weighted by molar-refractivity contribution is -0.128. The van der Waals surface area contributed by atoms with Crippen molar-refractivity contribution in [3.05, 3.63) is 29.8 Å². The van der Waals surface area contributed by atoms with Gasteiger partial charge in [0.15, 0.2) is 0 Å². The Morgan fingerprint density at radius 1 is 1.14 bits per heavy atom. The van der Waals surface area contributed by atoms with E-state index in [9.17, 15) is 9.59 Å². The summed E-state index contributed by atoms with van der Waals surface area (Å²) in [6.45, 7) is 6.27. The number of hydrogen-bond acceptors (Lipinski definition) is 3. The zero-order chi connectivity index (χ0) is 16.3. The van der Waals surface area contributed by atoms with Gasteiger partial charge in [0.2, 0.25) is 11.8 Å². The summed E-state index contributed by atoms with van der Waals surface area (Å²) in [5.74, 6) is 0.328. The molecular formula is C17H24N2O3. The van der Waals surface area contributed by atoms with Crippen LogP contribution in [0.5, 0.6) is 5.75 Å². The molecular weight excluding hydrogens is 280 g/mol. The second-order valence-corrected chi connectivity index (χ2v) is 6.75. The van der Waals surface area contributed by atoms with Crippen LogP contribution in [0.2, 0.25) is 0 Å². The molecule has 5 nitrogen and oxygen atoms in total. The number of benzene rings is 1. The van der Waals surface area contributed by atoms with Gasteiger partial charge in [-0.15, -0.1) is 0 Å². The SMILES string of the molecule is COc1ccc(CNC(=O)C2CC2C(=O)NC(C)(C)C)cc1. The van der Waals surface area contributed by atoms with Crippen LogP contribution in [-0.4, -0.2) is 24.5 Å². The molecule has 1 aliphatic carbocycles. The average molecular weight is 304 g/mol. The Labute approximate surface area is 131 Å². The molecule has 0 aliphatic heterocycles. The maximum atomic E-state index is 12.1. The van der Waals surface area contributed by atoms with E-state index in [1.807, 2.05) is 45.0 Å². The van der Waals surface area contributed by atoms with Gasteiger partial charge in [-0.2, -0.15) is 0 Å². The molecule has 2 N–H and O–H groups in total. The molecule has 0 heterocycles. The molecule has 1 saturated carbocycles. The van der Waals surface area contributed by atoms with Crippen LogP contribution in [0, 0.1) is 11.8 Å². The predicted molar refractivity (Wildman–Crippen MR) is 84.3 cm³/mol. The molecule has 5 heteroatoms. The molecule has 1 aromatic carbocycles. The van der Waals surface area contributed by atoms with E-state index < -0.39 is 0 Å². The third-order valence-electron chi connectivity index (χ3n) is 3.59. The van der Waals surface area contributed by atoms with Gasteiger partial charge in [-0.3, -0.25) is 9.59 Å². The van der Waals surface area contributed by atoms with Gasteiger partial charge in [0.05, 0.1) is 18.9 Å². The Morgan fingerprint density at radius 2 is 1.73 bits per heavy atom. The smallest absolute Gasteiger partial charge is 0.224 e. The largest absolute Gasteiger partial charge is 0.497 e. The number of ether oxygens (including phenoxy) is 1. The molecule has 0 bridgehead atoms. The van der Waals surface area contributed by atoms with E-state index in [0.29, 0.717) is 13.0 Å². The number of amides is 2. The minimum absolute atomic E-state index is 0.0305. The molecule has 2 unspecified atom stereocenters. The standard InChI is InChI=1S/C17H24N2O3/c1-17(2,3)19-16(21)14-9-13(14)15(20)18-10-11-5-7-12(22-4)8-6-11/h5-8,13-14H,9-10H2,1-4H3,(H,18,20)(H,19,21). The monoisotopic (exact) mass is 304 g/mol. The maximum Gasteiger partial charge on any atom is 0.224 e. The van der Waals surface area contributed by atoms with Crippen molar-refractivity contribution in [1.82, 2.24) is 10.6 Å². The highest BCUT2D eigenvalue weighted by atomic mass is 16.5. The van der Waals surface area contributed by atoms with Crippen LogP contribution in [-0.2, 0) is 16.1 Å². The summed E-state index contributed by atoms with van der Waals surface area (Å²) in [6, 6.07) is 7.54. The quantitative estimate of drug-likeness (QED) is 0.872. The minimum Gasteiger partial charge on any atom is -0.497 e. The second-order valence-electron chi connectivity index (χ2n) is 6.75. The molecule has 120 valence electrons. The Hall–Kier alpha value is -2.04. The Balaban J connectivity index is 1.78. The topological polar surface area (TPSA) is 67.4 Å². The fraction of sp³-hybridized carbons (Fsp3) is 0.529. The van der Waals surface area contributed by atoms with Gasteiger partial charge in [0.1, 0.15) is 5.75 Å². The van der Waals surface area contributed by atoms with Crippen molar-refractivity contribution in [1.29, 1.82) is 0 Å². The second kappa shape index (κ2) is 6.38. The molecule has 1 aliphatic rings. The van der Waals surface area contributed by atoms with E-state index in [-0.39, 0.29) is 29.2 Å². The van der Waals surface area contributed by atoms with E-state index in [0.717, 1.165) is 11.3 Å². The van der Waals surface area contributed by atoms with Crippen LogP contribution in [0.15, 0.2) is 24.3 Å². The van der Waals surface area contributed by atoms with E-state index in [4.69, 9.17) is 4.74 Å². The number of carbonyl (C=O) groups is 2. The normalized spacial score (nSPS) is 20.2. The molecule has 2 atom stereocenters. The number of nitrogens with one attached hydrogen (secondary N) is 2. The summed E-state index contributed by atoms with van der Waals surface area (Å²) in [7, 11) is 1.62. The number of carbonyl (C=O) groups excluding carboxylic acids is 2. The molecule has 1 aromatic rings. The van der Waals surface area contributed by atoms with Crippen LogP contribution in [0.4, 0.5) is 0 Å². The van der Waals surface area contributed by atoms with Gasteiger partial charge in [-0.05, 0) is 44.9 Å². The summed E-state index contributed by atoms with van der Waals surface area (Å²) < 4.78 is 5.09. The lowest BCUT2D eigenvalue weighted by atomic mass is 10.1. The van der Waals surface area contributed by atoms with Crippen molar-refractivity contribution in [2.45, 2.75) is 39.3 Å². The lowest BCUT2D eigenvalue weighted by Crippen LogP contribution is -2.42. The van der Waals surface area contributed by atoms with Gasteiger partial charge in [0, 0.05) is 12.1 Å². The molecule has 0 radical (unpaired) electrons. The van der Waals surface area contributed by atoms with Crippen LogP contribution in [0.3, 0.4) is 0 Å². The fourth-order valence-corrected chi connectivity index (χ4v) is 2.30. The highest BCUT2D eigenvalue weighted by Gasteiger charge is 2.48. The van der Waals surface area contributed by atoms with Crippen molar-refractivity contribution < 1.29 is 14.3 Å². The van der Waals surface area contributed by atoms with Crippen LogP contribution < -0.4 is 15.4 Å². The lowest BCUT2D eigenvalue weighted by Gasteiger charge is -2.20. The molecule has 1 fully saturated rings. The molecule has 0 saturated heterocycles. The first-order valence-electron chi connectivity index (χ1n) is 7.53. The van der Waals surface area contributed by atoms with Gasteiger partial charge in [-0.25, -0.2) is 0 Å². The van der Waals surface area contributed by atoms with Crippen molar-refractivity contribution in [2.24, 2.45) is 11.8 Å². The van der Waals surface area contributed by atoms with Gasteiger partial charge >= 0.3 is 0 Å². The summed E-state index contributed by atoms with van der Waals surface area (Å²) in [5, 5.41) is 5.81. The predicted octanol–water partition coefficient (Wildman–Crippen LogP) is 1.86. The molecule has 0 aromatic heterocycles. The van der Waals surface area contributed by atoms with Gasteiger partial charge in [0.25, 0.3) is 0 Å². The highest BCUT2D eigenvalue weighted by Crippen LogP contribution is 2.39. The van der Waals surface area contributed by atoms with Crippen molar-refractivity contribution in [2.75, 3.05) is 7.11 Å². The first kappa shape index (κ1) is 16.3. The zero-order valence-electron chi connectivity index (χ0n) is 13.6. The average Bonchev–Trinajstić information content (AvgIpc) is 3.24. The van der Waals surface area contributed by atoms with Crippen molar-refractivity contribution >= 4 is 11.8 Å². The molecule has 22 heavy (non-hydrogen) atoms. The van der Waals surface area contributed by atoms with E-state index in [2.05, 4.69) is 10.6 Å². The molecule has 2 rings (SSSR count). The minimum atomic E-state index is -0.260. The Morgan fingerprint density at radius 3 is 2.27 bits per heavy atom. The van der Waals surface area contributed by atoms with Gasteiger partial charge < -0.3 is 15.4 Å². The Bertz CT molecular complexity index is 546. The third-order valence-corrected chi connectivity index (χ3v) is 3.59. The maximum absolute atomic E-state index is 12.1. The third kappa shape index (κ3) is 4.48. The van der Waals surface area contributed by atoms with E-state index in [1.165, 1.54) is 0 Å². The number of rotatable bonds is 5. The summed E-state index contributed by atoms with van der Waals surface area (Å²) >= 11 is 0. The first-order chi connectivity index (χ1) is 10.3. The first-order valence-corrected chi connectivity index (χ1v) is 7.53. The summed E-state index contributed by atoms with van der Waals surface area (Å²) in [4.78, 5) is 24.0. The Kier molecular flexibility index (Phi) is 4.74. The molecule has 0 spiro atoms. The summed E-state index contributed by atoms with van der Waals surface area (Å²) in [5.41, 5.74) is 0.745. The van der Waals surface area contributed by atoms with Crippen molar-refractivity contribution in [3.8, 4) is 5.75 Å². The van der Waals surface area contributed by atoms with Crippen LogP contribution >= 0.6 is 0 Å². The van der Waals surface area contributed by atoms with E-state index in [1.54, 1.807) is 7.11 Å². The van der Waals surface area contributed by atoms with Crippen molar-refractivity contribution in [3.63, 3.8) is 0 Å².